The van der Waals surface area contributed by atoms with E-state index >= 15 is 0 Å². The molecule has 0 saturated heterocycles. The molecule has 0 radical (unpaired) electrons. The third kappa shape index (κ3) is 3.60. The van der Waals surface area contributed by atoms with Crippen molar-refractivity contribution in [2.24, 2.45) is 5.73 Å². The van der Waals surface area contributed by atoms with Crippen LogP contribution in [0.25, 0.3) is 0 Å². The third-order valence-electron chi connectivity index (χ3n) is 2.55. The summed E-state index contributed by atoms with van der Waals surface area (Å²) in [6, 6.07) is 2.11. The van der Waals surface area contributed by atoms with Gasteiger partial charge in [0.05, 0.1) is 6.54 Å². The first-order valence-electron chi connectivity index (χ1n) is 5.44. The van der Waals surface area contributed by atoms with Crippen LogP contribution in [-0.2, 0) is 4.79 Å². The van der Waals surface area contributed by atoms with Gasteiger partial charge in [-0.2, -0.15) is 0 Å². The monoisotopic (exact) mass is 287 g/mol. The van der Waals surface area contributed by atoms with Crippen LogP contribution in [0.4, 0.5) is 14.5 Å². The van der Waals surface area contributed by atoms with Crippen LogP contribution >= 0.6 is 12.2 Å². The maximum atomic E-state index is 13.9. The van der Waals surface area contributed by atoms with Crippen molar-refractivity contribution in [1.82, 2.24) is 4.90 Å². The van der Waals surface area contributed by atoms with Crippen molar-refractivity contribution in [2.75, 3.05) is 32.6 Å². The van der Waals surface area contributed by atoms with Gasteiger partial charge in [0.2, 0.25) is 5.91 Å². The Labute approximate surface area is 115 Å². The number of hydrogen-bond acceptors (Lipinski definition) is 3. The summed E-state index contributed by atoms with van der Waals surface area (Å²) >= 11 is 4.66. The normalized spacial score (nSPS) is 10.2. The SMILES string of the molecule is CN(C)C(=O)CN(C)c1c(F)cc(C(N)=S)cc1F. The smallest absolute Gasteiger partial charge is 0.241 e. The van der Waals surface area contributed by atoms with Gasteiger partial charge < -0.3 is 15.5 Å². The van der Waals surface area contributed by atoms with E-state index in [2.05, 4.69) is 12.2 Å². The van der Waals surface area contributed by atoms with Gasteiger partial charge in [0.15, 0.2) is 0 Å². The molecule has 4 nitrogen and oxygen atoms in total. The molecule has 1 aromatic carbocycles. The molecule has 0 fully saturated rings. The van der Waals surface area contributed by atoms with Crippen LogP contribution in [-0.4, -0.2) is 43.5 Å². The number of thiocarbonyl (C=S) groups is 1. The summed E-state index contributed by atoms with van der Waals surface area (Å²) in [6.45, 7) is -0.132. The molecule has 0 heterocycles. The van der Waals surface area contributed by atoms with E-state index < -0.39 is 11.6 Å². The number of carbonyl (C=O) groups excluding carboxylic acids is 1. The molecule has 0 spiro atoms. The van der Waals surface area contributed by atoms with Gasteiger partial charge in [-0.3, -0.25) is 4.79 Å². The molecular weight excluding hydrogens is 272 g/mol. The van der Waals surface area contributed by atoms with E-state index in [-0.39, 0.29) is 28.7 Å². The van der Waals surface area contributed by atoms with Crippen LogP contribution in [0.5, 0.6) is 0 Å². The van der Waals surface area contributed by atoms with Crippen LogP contribution in [0.1, 0.15) is 5.56 Å². The average Bonchev–Trinajstić information content (AvgIpc) is 2.27. The first-order chi connectivity index (χ1) is 8.73. The van der Waals surface area contributed by atoms with Gasteiger partial charge in [-0.15, -0.1) is 0 Å². The lowest BCUT2D eigenvalue weighted by molar-refractivity contribution is -0.127. The Kier molecular flexibility index (Phi) is 4.77. The highest BCUT2D eigenvalue weighted by Gasteiger charge is 2.18. The molecule has 7 heteroatoms. The zero-order valence-corrected chi connectivity index (χ0v) is 11.7. The molecular formula is C12H15F2N3OS. The number of halogens is 2. The summed E-state index contributed by atoms with van der Waals surface area (Å²) in [5.41, 5.74) is 5.15. The van der Waals surface area contributed by atoms with Gasteiger partial charge in [0, 0.05) is 26.7 Å². The fourth-order valence-corrected chi connectivity index (χ4v) is 1.61. The predicted molar refractivity (Wildman–Crippen MR) is 74.2 cm³/mol. The summed E-state index contributed by atoms with van der Waals surface area (Å²) in [7, 11) is 4.57. The van der Waals surface area contributed by atoms with Crippen molar-refractivity contribution < 1.29 is 13.6 Å². The second-order valence-corrected chi connectivity index (χ2v) is 4.74. The molecule has 2 N–H and O–H groups in total. The molecule has 0 aliphatic heterocycles. The lowest BCUT2D eigenvalue weighted by Gasteiger charge is -2.22. The second-order valence-electron chi connectivity index (χ2n) is 4.30. The Morgan fingerprint density at radius 3 is 2.11 bits per heavy atom. The summed E-state index contributed by atoms with van der Waals surface area (Å²) in [5, 5.41) is 0. The number of hydrogen-bond donors (Lipinski definition) is 1. The second kappa shape index (κ2) is 5.92. The minimum Gasteiger partial charge on any atom is -0.389 e. The summed E-state index contributed by atoms with van der Waals surface area (Å²) < 4.78 is 27.7. The first-order valence-corrected chi connectivity index (χ1v) is 5.85. The van der Waals surface area contributed by atoms with Gasteiger partial charge in [0.1, 0.15) is 22.3 Å². The van der Waals surface area contributed by atoms with Gasteiger partial charge in [-0.05, 0) is 12.1 Å². The van der Waals surface area contributed by atoms with Crippen LogP contribution in [0.15, 0.2) is 12.1 Å². The number of carbonyl (C=O) groups is 1. The number of amides is 1. The Morgan fingerprint density at radius 1 is 1.26 bits per heavy atom. The first kappa shape index (κ1) is 15.3. The summed E-state index contributed by atoms with van der Waals surface area (Å²) in [6.07, 6.45) is 0. The fraction of sp³-hybridized carbons (Fsp3) is 0.333. The Morgan fingerprint density at radius 2 is 1.74 bits per heavy atom. The van der Waals surface area contributed by atoms with Crippen LogP contribution in [0.3, 0.4) is 0 Å². The predicted octanol–water partition coefficient (Wildman–Crippen LogP) is 1.12. The maximum absolute atomic E-state index is 13.9. The van der Waals surface area contributed by atoms with Crippen LogP contribution < -0.4 is 10.6 Å². The number of anilines is 1. The third-order valence-corrected chi connectivity index (χ3v) is 2.79. The minimum atomic E-state index is -0.808. The molecule has 19 heavy (non-hydrogen) atoms. The van der Waals surface area contributed by atoms with Gasteiger partial charge in [-0.25, -0.2) is 8.78 Å². The molecule has 104 valence electrons. The number of benzene rings is 1. The average molecular weight is 287 g/mol. The molecule has 0 unspecified atom stereocenters. The van der Waals surface area contributed by atoms with E-state index in [1.54, 1.807) is 14.1 Å². The Hall–Kier alpha value is -1.76. The quantitative estimate of drug-likeness (QED) is 0.843. The summed E-state index contributed by atoms with van der Waals surface area (Å²) in [5.74, 6) is -1.88. The highest BCUT2D eigenvalue weighted by Crippen LogP contribution is 2.24. The number of rotatable bonds is 4. The number of nitrogens with zero attached hydrogens (tertiary/aromatic N) is 2. The van der Waals surface area contributed by atoms with Crippen LogP contribution in [0.2, 0.25) is 0 Å². The lowest BCUT2D eigenvalue weighted by Crippen LogP contribution is -2.35. The van der Waals surface area contributed by atoms with Crippen molar-refractivity contribution >= 4 is 28.8 Å². The largest absolute Gasteiger partial charge is 0.389 e. The minimum absolute atomic E-state index is 0.0867. The molecule has 0 bridgehead atoms. The Balaban J connectivity index is 3.07. The standard InChI is InChI=1S/C12H15F2N3OS/c1-16(2)10(18)6-17(3)11-8(13)4-7(12(15)19)5-9(11)14/h4-5H,6H2,1-3H3,(H2,15,19). The van der Waals surface area contributed by atoms with E-state index in [4.69, 9.17) is 5.73 Å². The van der Waals surface area contributed by atoms with Crippen molar-refractivity contribution in [3.05, 3.63) is 29.3 Å². The molecule has 0 saturated carbocycles. The molecule has 0 aromatic heterocycles. The topological polar surface area (TPSA) is 49.6 Å². The highest BCUT2D eigenvalue weighted by atomic mass is 32.1. The number of nitrogens with two attached hydrogens (primary N) is 1. The maximum Gasteiger partial charge on any atom is 0.241 e. The zero-order chi connectivity index (χ0) is 14.7. The highest BCUT2D eigenvalue weighted by molar-refractivity contribution is 7.80. The van der Waals surface area contributed by atoms with E-state index in [1.807, 2.05) is 0 Å². The molecule has 1 rings (SSSR count). The van der Waals surface area contributed by atoms with E-state index in [0.717, 1.165) is 12.1 Å². The van der Waals surface area contributed by atoms with Crippen molar-refractivity contribution in [3.8, 4) is 0 Å². The zero-order valence-electron chi connectivity index (χ0n) is 10.9. The number of likely N-dealkylation sites (N-methyl/N-ethyl adjacent to an activating group) is 2. The molecule has 1 amide bonds. The fourth-order valence-electron chi connectivity index (χ4n) is 1.50. The van der Waals surface area contributed by atoms with Gasteiger partial charge in [0.25, 0.3) is 0 Å². The van der Waals surface area contributed by atoms with Gasteiger partial charge >= 0.3 is 0 Å². The van der Waals surface area contributed by atoms with E-state index in [0.29, 0.717) is 0 Å². The molecule has 0 atom stereocenters. The molecule has 0 aliphatic carbocycles. The van der Waals surface area contributed by atoms with Crippen molar-refractivity contribution in [1.29, 1.82) is 0 Å². The van der Waals surface area contributed by atoms with Crippen LogP contribution in [0, 0.1) is 11.6 Å². The van der Waals surface area contributed by atoms with E-state index in [9.17, 15) is 13.6 Å². The van der Waals surface area contributed by atoms with Gasteiger partial charge in [-0.1, -0.05) is 12.2 Å². The van der Waals surface area contributed by atoms with Crippen molar-refractivity contribution in [2.45, 2.75) is 0 Å². The molecule has 1 aromatic rings. The van der Waals surface area contributed by atoms with E-state index in [1.165, 1.54) is 16.8 Å². The summed E-state index contributed by atoms with van der Waals surface area (Å²) in [4.78, 5) is 14.0. The molecule has 0 aliphatic rings. The van der Waals surface area contributed by atoms with Crippen molar-refractivity contribution in [3.63, 3.8) is 0 Å². The lowest BCUT2D eigenvalue weighted by atomic mass is 10.1. The Bertz CT molecular complexity index is 497.